The minimum atomic E-state index is -0.964. The largest absolute Gasteiger partial charge is 0.398 e. The van der Waals surface area contributed by atoms with Gasteiger partial charge in [0.2, 0.25) is 40.9 Å². The number of nitrogen functional groups attached to an aromatic ring is 2. The van der Waals surface area contributed by atoms with Crippen molar-refractivity contribution in [3.05, 3.63) is 292 Å². The van der Waals surface area contributed by atoms with Crippen molar-refractivity contribution in [2.45, 2.75) is 34.6 Å². The number of anilines is 4. The lowest BCUT2D eigenvalue weighted by Gasteiger charge is -2.06. The Morgan fingerprint density at radius 1 is 0.432 bits per heavy atom. The molecule has 29 nitrogen and oxygen atoms in total. The summed E-state index contributed by atoms with van der Waals surface area (Å²) in [6.07, 6.45) is 8.38. The van der Waals surface area contributed by atoms with Gasteiger partial charge in [-0.05, 0) is 119 Å². The number of nitro groups is 5. The molecular weight excluding hydrogens is 1550 g/mol. The van der Waals surface area contributed by atoms with Crippen molar-refractivity contribution in [1.29, 1.82) is 0 Å². The number of aromatic nitrogens is 8. The number of amides is 2. The number of halogens is 10. The van der Waals surface area contributed by atoms with Crippen LogP contribution in [0.2, 0.25) is 0 Å². The highest BCUT2D eigenvalue weighted by Crippen LogP contribution is 2.33. The Balaban J connectivity index is 0.000000182. The molecule has 13 aromatic rings. The molecule has 0 unspecified atom stereocenters. The normalized spacial score (nSPS) is 10.7. The molecule has 0 aliphatic heterocycles. The van der Waals surface area contributed by atoms with Crippen LogP contribution in [0.5, 0.6) is 0 Å². The number of nitro benzene ring substituents is 5. The Morgan fingerprint density at radius 2 is 0.811 bits per heavy atom. The number of nitrogens with zero attached hydrogens (tertiary/aromatic N) is 12. The predicted molar refractivity (Wildman–Crippen MR) is 401 cm³/mol. The van der Waals surface area contributed by atoms with Crippen LogP contribution in [0.1, 0.15) is 53.1 Å². The van der Waals surface area contributed by atoms with Gasteiger partial charge in [0, 0.05) is 140 Å². The van der Waals surface area contributed by atoms with E-state index in [1.54, 1.807) is 94.3 Å². The van der Waals surface area contributed by atoms with Crippen molar-refractivity contribution in [2.75, 3.05) is 22.1 Å². The van der Waals surface area contributed by atoms with Gasteiger partial charge in [0.15, 0.2) is 0 Å². The molecule has 0 aliphatic rings. The van der Waals surface area contributed by atoms with E-state index in [2.05, 4.69) is 52.1 Å². The molecule has 0 spiro atoms. The number of benzene rings is 9. The second-order valence-electron chi connectivity index (χ2n) is 23.4. The topological polar surface area (TPSA) is 408 Å². The van der Waals surface area contributed by atoms with Gasteiger partial charge >= 0.3 is 28.4 Å². The van der Waals surface area contributed by atoms with E-state index in [0.29, 0.717) is 71.0 Å². The zero-order valence-corrected chi connectivity index (χ0v) is 60.5. The number of rotatable bonds is 11. The smallest absolute Gasteiger partial charge is 0.305 e. The summed E-state index contributed by atoms with van der Waals surface area (Å²) < 4.78 is 123. The third-order valence-corrected chi connectivity index (χ3v) is 16.0. The van der Waals surface area contributed by atoms with Crippen molar-refractivity contribution in [3.63, 3.8) is 0 Å². The maximum Gasteiger partial charge on any atom is 0.305 e. The highest BCUT2D eigenvalue weighted by Gasteiger charge is 2.23. The van der Waals surface area contributed by atoms with E-state index in [4.69, 9.17) is 11.5 Å². The van der Waals surface area contributed by atoms with Crippen LogP contribution in [-0.4, -0.2) is 76.0 Å². The molecule has 111 heavy (non-hydrogen) atoms. The van der Waals surface area contributed by atoms with E-state index < -0.39 is 88.0 Å². The molecule has 0 aliphatic carbocycles. The quantitative estimate of drug-likeness (QED) is 0.0347. The van der Waals surface area contributed by atoms with Gasteiger partial charge in [-0.15, -0.1) is 0 Å². The van der Waals surface area contributed by atoms with Gasteiger partial charge in [-0.25, -0.2) is 17.6 Å². The fraction of sp³-hybridized carbons (Fsp3) is 0.111. The van der Waals surface area contributed by atoms with E-state index in [-0.39, 0.29) is 46.3 Å². The monoisotopic (exact) mass is 1600 g/mol. The summed E-state index contributed by atoms with van der Waals surface area (Å²) in [5.41, 5.74) is 15.8. The molecule has 574 valence electrons. The first-order valence-corrected chi connectivity index (χ1v) is 32.3. The Bertz CT molecular complexity index is 5820. The number of nitrogens with two attached hydrogens (primary N) is 2. The van der Waals surface area contributed by atoms with Gasteiger partial charge in [0.05, 0.1) is 70.0 Å². The van der Waals surface area contributed by atoms with Crippen molar-refractivity contribution in [2.24, 2.45) is 21.1 Å². The summed E-state index contributed by atoms with van der Waals surface area (Å²) >= 11 is 3.15. The first kappa shape index (κ1) is 84.0. The maximum absolute atomic E-state index is 13.7. The number of nitrogens with one attached hydrogen (secondary N) is 3. The van der Waals surface area contributed by atoms with Crippen LogP contribution in [0.4, 0.5) is 90.7 Å². The number of aromatic amines is 1. The Labute approximate surface area is 627 Å². The van der Waals surface area contributed by atoms with Crippen molar-refractivity contribution in [3.8, 4) is 0 Å². The zero-order valence-electron chi connectivity index (χ0n) is 58.9. The van der Waals surface area contributed by atoms with E-state index in [9.17, 15) is 99.7 Å². The molecular formula is C72H59BrF9N17O12. The van der Waals surface area contributed by atoms with E-state index in [0.717, 1.165) is 70.6 Å². The molecule has 4 aromatic heterocycles. The summed E-state index contributed by atoms with van der Waals surface area (Å²) in [6, 6.07) is 30.0. The summed E-state index contributed by atoms with van der Waals surface area (Å²) in [6.45, 7) is 7.62. The number of aryl methyl sites for hydroxylation is 6. The average Bonchev–Trinajstić information content (AvgIpc) is 1.67. The highest BCUT2D eigenvalue weighted by molar-refractivity contribution is 9.10. The van der Waals surface area contributed by atoms with Crippen molar-refractivity contribution < 1.29 is 73.7 Å². The number of carbonyl (C=O) groups excluding carboxylic acids is 2. The number of fused-ring (bicyclic) bond motifs is 4. The summed E-state index contributed by atoms with van der Waals surface area (Å²) in [5, 5.41) is 78.2. The van der Waals surface area contributed by atoms with Crippen LogP contribution in [0.15, 0.2) is 150 Å². The van der Waals surface area contributed by atoms with Gasteiger partial charge in [-0.1, -0.05) is 42.5 Å². The van der Waals surface area contributed by atoms with Gasteiger partial charge in [0.25, 0.3) is 0 Å². The lowest BCUT2D eigenvalue weighted by molar-refractivity contribution is -0.387. The Kier molecular flexibility index (Phi) is 27.9. The number of hydrogen-bond donors (Lipinski definition) is 5. The van der Waals surface area contributed by atoms with Crippen LogP contribution in [0, 0.1) is 124 Å². The molecule has 0 fully saturated rings. The van der Waals surface area contributed by atoms with Crippen LogP contribution in [0.25, 0.3) is 67.9 Å². The minimum Gasteiger partial charge on any atom is -0.398 e. The van der Waals surface area contributed by atoms with Crippen LogP contribution >= 0.6 is 15.9 Å². The molecule has 9 aromatic carbocycles. The second kappa shape index (κ2) is 36.8. The maximum atomic E-state index is 13.7. The van der Waals surface area contributed by atoms with Crippen LogP contribution in [0.3, 0.4) is 0 Å². The fourth-order valence-electron chi connectivity index (χ4n) is 9.83. The number of H-pyrrole nitrogens is 1. The van der Waals surface area contributed by atoms with Gasteiger partial charge < -0.3 is 22.1 Å². The van der Waals surface area contributed by atoms with Gasteiger partial charge in [-0.2, -0.15) is 42.3 Å². The molecule has 0 saturated heterocycles. The lowest BCUT2D eigenvalue weighted by atomic mass is 10.1. The second-order valence-corrected chi connectivity index (χ2v) is 24.1. The first-order chi connectivity index (χ1) is 52.2. The van der Waals surface area contributed by atoms with E-state index in [1.807, 2.05) is 13.0 Å². The molecule has 0 atom stereocenters. The first-order valence-electron chi connectivity index (χ1n) is 31.5. The fourth-order valence-corrected chi connectivity index (χ4v) is 10.4. The molecule has 4 heterocycles. The van der Waals surface area contributed by atoms with Crippen LogP contribution < -0.4 is 22.1 Å². The summed E-state index contributed by atoms with van der Waals surface area (Å²) in [5.74, 6) is -6.45. The predicted octanol–water partition coefficient (Wildman–Crippen LogP) is 17.2. The van der Waals surface area contributed by atoms with Crippen molar-refractivity contribution >= 4 is 147 Å². The van der Waals surface area contributed by atoms with Gasteiger partial charge in [-0.3, -0.25) is 79.3 Å². The van der Waals surface area contributed by atoms with E-state index in [1.165, 1.54) is 84.0 Å². The zero-order chi connectivity index (χ0) is 82.2. The molecule has 0 bridgehead atoms. The summed E-state index contributed by atoms with van der Waals surface area (Å²) in [4.78, 5) is 69.8. The third-order valence-electron chi connectivity index (χ3n) is 15.4. The molecule has 7 N–H and O–H groups in total. The van der Waals surface area contributed by atoms with Gasteiger partial charge in [0.1, 0.15) is 27.9 Å². The van der Waals surface area contributed by atoms with Crippen molar-refractivity contribution in [1.82, 2.24) is 39.5 Å². The molecule has 2 amide bonds. The minimum absolute atomic E-state index is 0.0898. The summed E-state index contributed by atoms with van der Waals surface area (Å²) in [7, 11) is 5.01. The molecule has 0 radical (unpaired) electrons. The highest BCUT2D eigenvalue weighted by atomic mass is 79.9. The Hall–Kier alpha value is -14.3. The third kappa shape index (κ3) is 22.2. The number of carbonyl (C=O) groups is 2. The molecule has 13 rings (SSSR count). The SMILES string of the molecule is CC(=O)Nc1cc(F)c([N+](=O)[O-])cc1C.CC(=O)Nc1cc(F)ccc1C.Cc1cc([N+](=O)[O-])c(F)cc1N.Cn1nc(/C=C/c2ccc(F)cc2)c2cc(N)c(F)cc21.Cn1nc(/C=C/c2ccc(F)cc2)c2cc([N+](=O)[O-])c(F)cc21.Cn1nc(Br)c2cc([N+](=O)[O-])c(F)cc21.O=[N+]([O-])c1cc2cn[nH]c2cc1F. The standard InChI is InChI=1S/C16H11F2N3O2.C16H13F2N3.C9H9FN2O3.C9H10FNO.C8H5BrFN3O2.C7H4FN3O2.C7H7FN2O2/c1-20-15-9-13(18)16(21(22)23)8-12(15)14(19-20)7-4-10-2-5-11(17)6-3-10;1-21-16-9-13(18)14(19)8-12(16)15(20-21)7-4-10-2-5-11(17)6-3-10;1-5-3-9(12(14)15)7(10)4-8(5)11-6(2)13;1-6-3-4-8(10)5-9(6)11-7(2)12;1-12-6-3-5(10)7(13(14)15)2-4(6)8(9)11-12;8-5-2-6-4(3-9-10-6)1-7(5)11(12)13;1-4-2-7(10(11)12)5(8)3-6(4)9/h2-9H,1H3;2-9H,19H2,1H3;3-4H,1-2H3,(H,11,13);3-5H,1-2H3,(H,11,12);2-3H,1H3;1-3H,(H,9,10);2-3H,9H2,1H3/b2*7-4+;;;;;. The molecule has 39 heteroatoms. The molecule has 0 saturated carbocycles. The average molecular weight is 1610 g/mol. The lowest BCUT2D eigenvalue weighted by Crippen LogP contribution is -2.08. The Morgan fingerprint density at radius 3 is 1.29 bits per heavy atom. The number of hydrogen-bond acceptors (Lipinski definition) is 18. The van der Waals surface area contributed by atoms with E-state index >= 15 is 0 Å². The van der Waals surface area contributed by atoms with Crippen LogP contribution in [-0.2, 0) is 30.7 Å².